The Labute approximate surface area is 143 Å². The summed E-state index contributed by atoms with van der Waals surface area (Å²) in [7, 11) is 1.57. The van der Waals surface area contributed by atoms with E-state index >= 15 is 0 Å². The Kier molecular flexibility index (Phi) is 7.71. The Bertz CT molecular complexity index is 551. The van der Waals surface area contributed by atoms with Crippen LogP contribution in [0.15, 0.2) is 24.3 Å². The van der Waals surface area contributed by atoms with Crippen LogP contribution < -0.4 is 5.32 Å². The maximum absolute atomic E-state index is 12.1. The van der Waals surface area contributed by atoms with Gasteiger partial charge in [0.15, 0.2) is 0 Å². The second-order valence-corrected chi connectivity index (χ2v) is 6.39. The van der Waals surface area contributed by atoms with Crippen molar-refractivity contribution in [2.75, 3.05) is 25.6 Å². The Hall–Kier alpha value is -2.08. The zero-order valence-corrected chi connectivity index (χ0v) is 15.0. The summed E-state index contributed by atoms with van der Waals surface area (Å²) in [5.74, 6) is -0.685. The van der Waals surface area contributed by atoms with Gasteiger partial charge in [-0.1, -0.05) is 6.07 Å². The number of nitrogens with one attached hydrogen (secondary N) is 1. The molecule has 1 N–H and O–H groups in total. The number of benzene rings is 1. The van der Waals surface area contributed by atoms with Crippen molar-refractivity contribution in [1.29, 1.82) is 0 Å². The first-order valence-electron chi connectivity index (χ1n) is 7.99. The first-order chi connectivity index (χ1) is 11.2. The number of rotatable bonds is 8. The smallest absolute Gasteiger partial charge is 0.338 e. The van der Waals surface area contributed by atoms with Gasteiger partial charge in [0.2, 0.25) is 0 Å². The van der Waals surface area contributed by atoms with E-state index in [9.17, 15) is 9.59 Å². The molecule has 134 valence electrons. The zero-order valence-electron chi connectivity index (χ0n) is 15.0. The maximum atomic E-state index is 12.1. The second kappa shape index (κ2) is 9.27. The molecular formula is C18H27NO5. The summed E-state index contributed by atoms with van der Waals surface area (Å²) in [5.41, 5.74) is 0.607. The SMILES string of the molecule is CCOC(=O)CC(COC)Nc1cccc(C(=O)OC(C)(C)C)c1. The number of methoxy groups -OCH3 is 1. The van der Waals surface area contributed by atoms with E-state index in [-0.39, 0.29) is 24.4 Å². The molecule has 24 heavy (non-hydrogen) atoms. The van der Waals surface area contributed by atoms with Gasteiger partial charge < -0.3 is 19.5 Å². The van der Waals surface area contributed by atoms with E-state index < -0.39 is 5.60 Å². The fourth-order valence-electron chi connectivity index (χ4n) is 2.08. The molecule has 0 aliphatic heterocycles. The Morgan fingerprint density at radius 1 is 1.25 bits per heavy atom. The first kappa shape index (κ1) is 20.0. The van der Waals surface area contributed by atoms with Crippen LogP contribution in [-0.2, 0) is 19.0 Å². The number of hydrogen-bond donors (Lipinski definition) is 1. The third kappa shape index (κ3) is 7.46. The number of anilines is 1. The number of carbonyl (C=O) groups excluding carboxylic acids is 2. The average Bonchev–Trinajstić information content (AvgIpc) is 2.46. The van der Waals surface area contributed by atoms with Gasteiger partial charge >= 0.3 is 11.9 Å². The van der Waals surface area contributed by atoms with Crippen LogP contribution in [-0.4, -0.2) is 43.9 Å². The molecule has 0 aliphatic rings. The molecule has 0 heterocycles. The van der Waals surface area contributed by atoms with Crippen molar-refractivity contribution in [3.63, 3.8) is 0 Å². The van der Waals surface area contributed by atoms with E-state index in [1.807, 2.05) is 26.8 Å². The van der Waals surface area contributed by atoms with E-state index in [0.29, 0.717) is 24.5 Å². The second-order valence-electron chi connectivity index (χ2n) is 6.39. The lowest BCUT2D eigenvalue weighted by Gasteiger charge is -2.21. The van der Waals surface area contributed by atoms with Crippen molar-refractivity contribution in [3.05, 3.63) is 29.8 Å². The summed E-state index contributed by atoms with van der Waals surface area (Å²) in [6, 6.07) is 6.72. The zero-order chi connectivity index (χ0) is 18.2. The molecule has 0 fully saturated rings. The fourth-order valence-corrected chi connectivity index (χ4v) is 2.08. The van der Waals surface area contributed by atoms with Crippen molar-refractivity contribution in [3.8, 4) is 0 Å². The largest absolute Gasteiger partial charge is 0.466 e. The van der Waals surface area contributed by atoms with E-state index in [0.717, 1.165) is 0 Å². The fraction of sp³-hybridized carbons (Fsp3) is 0.556. The number of carbonyl (C=O) groups is 2. The van der Waals surface area contributed by atoms with Crippen LogP contribution in [0.1, 0.15) is 44.5 Å². The highest BCUT2D eigenvalue weighted by Crippen LogP contribution is 2.17. The van der Waals surface area contributed by atoms with Crippen molar-refractivity contribution in [1.82, 2.24) is 0 Å². The molecule has 1 aromatic rings. The molecule has 0 aliphatic carbocycles. The molecule has 1 atom stereocenters. The molecule has 0 saturated carbocycles. The summed E-state index contributed by atoms with van der Waals surface area (Å²) in [5, 5.41) is 3.19. The highest BCUT2D eigenvalue weighted by molar-refractivity contribution is 5.90. The van der Waals surface area contributed by atoms with Gasteiger partial charge in [-0.2, -0.15) is 0 Å². The van der Waals surface area contributed by atoms with Crippen LogP contribution in [0, 0.1) is 0 Å². The molecule has 0 aromatic heterocycles. The van der Waals surface area contributed by atoms with Crippen LogP contribution in [0.3, 0.4) is 0 Å². The standard InChI is InChI=1S/C18H27NO5/c1-6-23-16(20)11-15(12-22-5)19-14-9-7-8-13(10-14)17(21)24-18(2,3)4/h7-10,15,19H,6,11-12H2,1-5H3. The van der Waals surface area contributed by atoms with Crippen molar-refractivity contribution >= 4 is 17.6 Å². The molecular weight excluding hydrogens is 310 g/mol. The van der Waals surface area contributed by atoms with Crippen LogP contribution >= 0.6 is 0 Å². The molecule has 6 nitrogen and oxygen atoms in total. The third-order valence-corrected chi connectivity index (χ3v) is 2.95. The van der Waals surface area contributed by atoms with Gasteiger partial charge in [0.25, 0.3) is 0 Å². The van der Waals surface area contributed by atoms with Gasteiger partial charge in [0, 0.05) is 12.8 Å². The summed E-state index contributed by atoms with van der Waals surface area (Å²) >= 11 is 0. The van der Waals surface area contributed by atoms with Crippen LogP contribution in [0.2, 0.25) is 0 Å². The molecule has 0 saturated heterocycles. The van der Waals surface area contributed by atoms with Gasteiger partial charge in [-0.3, -0.25) is 4.79 Å². The van der Waals surface area contributed by atoms with Crippen molar-refractivity contribution < 1.29 is 23.8 Å². The molecule has 0 amide bonds. The lowest BCUT2D eigenvalue weighted by Crippen LogP contribution is -2.29. The molecule has 0 bridgehead atoms. The highest BCUT2D eigenvalue weighted by atomic mass is 16.6. The van der Waals surface area contributed by atoms with Crippen LogP contribution in [0.4, 0.5) is 5.69 Å². The minimum Gasteiger partial charge on any atom is -0.466 e. The Balaban J connectivity index is 2.79. The molecule has 1 aromatic carbocycles. The normalized spacial score (nSPS) is 12.4. The van der Waals surface area contributed by atoms with Gasteiger partial charge in [-0.15, -0.1) is 0 Å². The van der Waals surface area contributed by atoms with E-state index in [2.05, 4.69) is 5.32 Å². The summed E-state index contributed by atoms with van der Waals surface area (Å²) < 4.78 is 15.5. The Morgan fingerprint density at radius 3 is 2.54 bits per heavy atom. The third-order valence-electron chi connectivity index (χ3n) is 2.95. The number of esters is 2. The molecule has 0 radical (unpaired) electrons. The topological polar surface area (TPSA) is 73.9 Å². The lowest BCUT2D eigenvalue weighted by atomic mass is 10.1. The number of ether oxygens (including phenoxy) is 3. The molecule has 6 heteroatoms. The van der Waals surface area contributed by atoms with E-state index in [4.69, 9.17) is 14.2 Å². The lowest BCUT2D eigenvalue weighted by molar-refractivity contribution is -0.143. The minimum absolute atomic E-state index is 0.179. The molecule has 1 rings (SSSR count). The average molecular weight is 337 g/mol. The maximum Gasteiger partial charge on any atom is 0.338 e. The van der Waals surface area contributed by atoms with Gasteiger partial charge in [0.05, 0.1) is 31.2 Å². The van der Waals surface area contributed by atoms with E-state index in [1.165, 1.54) is 0 Å². The molecule has 1 unspecified atom stereocenters. The quantitative estimate of drug-likeness (QED) is 0.735. The van der Waals surface area contributed by atoms with Gasteiger partial charge in [0.1, 0.15) is 5.60 Å². The first-order valence-corrected chi connectivity index (χ1v) is 7.99. The number of hydrogen-bond acceptors (Lipinski definition) is 6. The monoisotopic (exact) mass is 337 g/mol. The predicted molar refractivity (Wildman–Crippen MR) is 92.1 cm³/mol. The highest BCUT2D eigenvalue weighted by Gasteiger charge is 2.19. The van der Waals surface area contributed by atoms with E-state index in [1.54, 1.807) is 32.2 Å². The summed E-state index contributed by atoms with van der Waals surface area (Å²) in [6.07, 6.45) is 0.179. The summed E-state index contributed by atoms with van der Waals surface area (Å²) in [6.45, 7) is 7.91. The van der Waals surface area contributed by atoms with Crippen LogP contribution in [0.25, 0.3) is 0 Å². The van der Waals surface area contributed by atoms with Crippen molar-refractivity contribution in [2.45, 2.75) is 45.8 Å². The van der Waals surface area contributed by atoms with Crippen LogP contribution in [0.5, 0.6) is 0 Å². The minimum atomic E-state index is -0.553. The Morgan fingerprint density at radius 2 is 1.96 bits per heavy atom. The van der Waals surface area contributed by atoms with Gasteiger partial charge in [-0.05, 0) is 45.9 Å². The summed E-state index contributed by atoms with van der Waals surface area (Å²) in [4.78, 5) is 23.8. The van der Waals surface area contributed by atoms with Gasteiger partial charge in [-0.25, -0.2) is 4.79 Å². The predicted octanol–water partition coefficient (Wildman–Crippen LogP) is 3.02. The van der Waals surface area contributed by atoms with Crippen molar-refractivity contribution in [2.24, 2.45) is 0 Å². The molecule has 0 spiro atoms.